The molecule has 12 fully saturated rings. The van der Waals surface area contributed by atoms with Crippen LogP contribution in [0.1, 0.15) is 224 Å². The Morgan fingerprint density at radius 1 is 0.473 bits per heavy atom. The van der Waals surface area contributed by atoms with Gasteiger partial charge in [-0.05, 0) is 314 Å². The first-order chi connectivity index (χ1) is 51.9. The molecule has 18 rings (SSSR count). The van der Waals surface area contributed by atoms with E-state index in [1.54, 1.807) is 37.2 Å². The number of fused-ring (bicyclic) bond motifs is 18. The fraction of sp³-hybridized carbons (Fsp3) is 0.769. The van der Waals surface area contributed by atoms with Gasteiger partial charge >= 0.3 is 0 Å². The SMILES string of the molecule is C.COC[C@@H]1C[C@H]2C[C@](C)(O)CC[C@]2(C)[C@H]2CC[C@]3(C)[C@@H](C(=O)CBr)CC[C@H]3[C@H]12.COC[C@@H]1C[C@H]2C[C@](C)(O)CC[C@]2(C)[C@H]2CC[C@]3(C)[C@@H](C(=O)Cn4cc5ccncc5n4)CC[C@H]3[C@H]12.COC[C@@H]1C[C@H]2C[C@](C)(O)CC[C@]2(C)[C@H]2CC[C@]3(C)[C@@H](C(=O)Cn4ncc5ccncc54)CC[C@H]3[C@H]12.c1cc2cn[nH]c2cn1. The van der Waals surface area contributed by atoms with Crippen LogP contribution in [0.4, 0.5) is 0 Å². The van der Waals surface area contributed by atoms with Crippen molar-refractivity contribution in [1.29, 1.82) is 0 Å². The van der Waals surface area contributed by atoms with Gasteiger partial charge in [0, 0.05) is 99.8 Å². The number of aliphatic hydroxyl groups is 3. The molecular formula is C91H134BrN9O9. The molecule has 604 valence electrons. The first kappa shape index (κ1) is 81.7. The molecule has 0 aromatic carbocycles. The van der Waals surface area contributed by atoms with Crippen LogP contribution in [0.5, 0.6) is 0 Å². The molecule has 27 atom stereocenters. The lowest BCUT2D eigenvalue weighted by Gasteiger charge is -2.64. The Morgan fingerprint density at radius 3 is 1.30 bits per heavy atom. The molecule has 12 aliphatic rings. The molecule has 6 aromatic rings. The summed E-state index contributed by atoms with van der Waals surface area (Å²) in [5.41, 5.74) is 2.41. The van der Waals surface area contributed by atoms with Crippen molar-refractivity contribution in [2.45, 2.75) is 254 Å². The summed E-state index contributed by atoms with van der Waals surface area (Å²) in [6, 6.07) is 5.82. The number of aromatic amines is 1. The Labute approximate surface area is 664 Å². The maximum atomic E-state index is 13.8. The van der Waals surface area contributed by atoms with Crippen LogP contribution < -0.4 is 0 Å². The molecule has 18 nitrogen and oxygen atoms in total. The molecule has 19 heteroatoms. The van der Waals surface area contributed by atoms with E-state index in [2.05, 4.69) is 92.8 Å². The number of hydrogen-bond donors (Lipinski definition) is 4. The molecular weight excluding hydrogens is 1440 g/mol. The van der Waals surface area contributed by atoms with Crippen LogP contribution in [-0.2, 0) is 41.7 Å². The number of ketones is 3. The Morgan fingerprint density at radius 2 is 0.873 bits per heavy atom. The lowest BCUT2D eigenvalue weighted by Crippen LogP contribution is -2.59. The number of carbonyl (C=O) groups excluding carboxylic acids is 3. The highest BCUT2D eigenvalue weighted by Crippen LogP contribution is 2.73. The zero-order chi connectivity index (χ0) is 77.0. The second kappa shape index (κ2) is 31.3. The number of alkyl halides is 1. The zero-order valence-electron chi connectivity index (χ0n) is 67.8. The smallest absolute Gasteiger partial charge is 0.157 e. The largest absolute Gasteiger partial charge is 0.390 e. The van der Waals surface area contributed by atoms with Crippen molar-refractivity contribution < 1.29 is 43.9 Å². The van der Waals surface area contributed by atoms with Crippen LogP contribution in [0.2, 0.25) is 0 Å². The van der Waals surface area contributed by atoms with Crippen LogP contribution in [-0.4, -0.2) is 141 Å². The molecule has 110 heavy (non-hydrogen) atoms. The van der Waals surface area contributed by atoms with Crippen LogP contribution in [0.3, 0.4) is 0 Å². The van der Waals surface area contributed by atoms with E-state index in [0.717, 1.165) is 174 Å². The van der Waals surface area contributed by atoms with E-state index in [-0.39, 0.29) is 41.4 Å². The van der Waals surface area contributed by atoms with E-state index >= 15 is 0 Å². The van der Waals surface area contributed by atoms with Crippen LogP contribution in [0, 0.1) is 139 Å². The van der Waals surface area contributed by atoms with E-state index in [1.807, 2.05) is 88.3 Å². The van der Waals surface area contributed by atoms with E-state index in [4.69, 9.17) is 14.2 Å². The maximum Gasteiger partial charge on any atom is 0.157 e. The Hall–Kier alpha value is -4.89. The molecule has 0 amide bonds. The number of halogens is 1. The number of H-pyrrole nitrogens is 1. The normalized spacial score (nSPS) is 43.3. The van der Waals surface area contributed by atoms with Crippen molar-refractivity contribution in [2.24, 2.45) is 139 Å². The van der Waals surface area contributed by atoms with Gasteiger partial charge in [0.15, 0.2) is 11.6 Å². The third kappa shape index (κ3) is 14.6. The monoisotopic (exact) mass is 1580 g/mol. The molecule has 4 N–H and O–H groups in total. The van der Waals surface area contributed by atoms with E-state index in [1.165, 1.54) is 38.5 Å². The number of hydrogen-bond acceptors (Lipinski definition) is 15. The van der Waals surface area contributed by atoms with Gasteiger partial charge in [-0.3, -0.25) is 43.8 Å². The fourth-order valence-corrected chi connectivity index (χ4v) is 29.4. The lowest BCUT2D eigenvalue weighted by molar-refractivity contribution is -0.175. The van der Waals surface area contributed by atoms with Gasteiger partial charge in [-0.1, -0.05) is 64.9 Å². The predicted octanol–water partition coefficient (Wildman–Crippen LogP) is 17.4. The van der Waals surface area contributed by atoms with Crippen LogP contribution in [0.15, 0.2) is 74.0 Å². The van der Waals surface area contributed by atoms with Gasteiger partial charge in [0.05, 0.1) is 70.7 Å². The van der Waals surface area contributed by atoms with Gasteiger partial charge < -0.3 is 29.5 Å². The van der Waals surface area contributed by atoms with Crippen LogP contribution in [0.25, 0.3) is 32.7 Å². The molecule has 0 bridgehead atoms. The number of nitrogens with one attached hydrogen (secondary N) is 1. The summed E-state index contributed by atoms with van der Waals surface area (Å²) in [7, 11) is 5.52. The highest BCUT2D eigenvalue weighted by Gasteiger charge is 2.68. The number of Topliss-reactive ketones (excluding diaryl/α,β-unsaturated/α-hetero) is 3. The number of aromatic nitrogens is 9. The Bertz CT molecular complexity index is 4160. The number of ether oxygens (including phenoxy) is 3. The standard InChI is InChI=1S/2C30H43N3O3.C24H39BrO3.C6H5N3.CH4/c1-28(35)10-11-29(2)21(14-28)13-20(18-36-4)27-23-6-5-22(30(23,3)9-7-24(27)29)26(34)17-33-16-19-8-12-31-15-25(19)32-33;1-28(35)10-11-29(2)21(14-28)13-20(18-36-4)27-23-6-5-22(30(23,3)9-7-24(27)29)26(34)17-33-25-16-31-12-8-19(25)15-32-33;1-22(27)9-10-23(2)16(12-22)11-15(14-28-4)21-18-6-5-17(20(26)13-25)24(18,3)8-7-19(21)23;1-2-7-4-6-5(1)3-8-9-6;/h2*8,12,15-16,20-24,27,35H,5-7,9-11,13-14,17-18H2,1-4H3;15-19,21,27H,5-14H2,1-4H3;1-4H,(H,8,9);1H4/t2*20-,21-,22+,23-,24-,27-,28+,29-,30+;15-,16-,17+,18-,19-,21-,22+,23-,24+;;/m000../s1. The lowest BCUT2D eigenvalue weighted by atomic mass is 9.42. The zero-order valence-corrected chi connectivity index (χ0v) is 69.4. The summed E-state index contributed by atoms with van der Waals surface area (Å²) in [4.78, 5) is 52.6. The second-order valence-electron chi connectivity index (χ2n) is 40.3. The molecule has 0 saturated heterocycles. The number of nitrogens with zero attached hydrogens (tertiary/aromatic N) is 8. The van der Waals surface area contributed by atoms with E-state index in [0.29, 0.717) is 135 Å². The molecule has 0 radical (unpaired) electrons. The van der Waals surface area contributed by atoms with Crippen molar-refractivity contribution in [2.75, 3.05) is 46.5 Å². The van der Waals surface area contributed by atoms with E-state index in [9.17, 15) is 29.7 Å². The fourth-order valence-electron chi connectivity index (χ4n) is 29.0. The Kier molecular flexibility index (Phi) is 23.2. The van der Waals surface area contributed by atoms with Gasteiger partial charge in [0.25, 0.3) is 0 Å². The van der Waals surface area contributed by atoms with E-state index < -0.39 is 16.8 Å². The number of carbonyl (C=O) groups is 3. The third-order valence-corrected chi connectivity index (χ3v) is 35.1. The minimum Gasteiger partial charge on any atom is -0.390 e. The second-order valence-corrected chi connectivity index (χ2v) is 40.9. The van der Waals surface area contributed by atoms with Gasteiger partial charge in [0.2, 0.25) is 0 Å². The molecule has 12 aliphatic carbocycles. The maximum absolute atomic E-state index is 13.8. The van der Waals surface area contributed by atoms with Crippen molar-refractivity contribution in [3.63, 3.8) is 0 Å². The molecule has 6 aromatic heterocycles. The summed E-state index contributed by atoms with van der Waals surface area (Å²) in [5.74, 6) is 10.6. The van der Waals surface area contributed by atoms with Gasteiger partial charge in [0.1, 0.15) is 17.8 Å². The van der Waals surface area contributed by atoms with Crippen molar-refractivity contribution >= 4 is 66.0 Å². The molecule has 0 unspecified atom stereocenters. The highest BCUT2D eigenvalue weighted by molar-refractivity contribution is 9.09. The average Bonchev–Trinajstić information content (AvgIpc) is 1.43. The minimum absolute atomic E-state index is 0. The van der Waals surface area contributed by atoms with Gasteiger partial charge in [-0.15, -0.1) is 0 Å². The molecule has 6 heterocycles. The summed E-state index contributed by atoms with van der Waals surface area (Å²) >= 11 is 3.44. The highest BCUT2D eigenvalue weighted by atomic mass is 79.9. The summed E-state index contributed by atoms with van der Waals surface area (Å²) in [6.07, 6.45) is 42.3. The first-order valence-electron chi connectivity index (χ1n) is 42.5. The molecule has 0 spiro atoms. The first-order valence-corrected chi connectivity index (χ1v) is 43.6. The van der Waals surface area contributed by atoms with Crippen LogP contribution >= 0.6 is 15.9 Å². The molecule has 0 aliphatic heterocycles. The predicted molar refractivity (Wildman–Crippen MR) is 434 cm³/mol. The van der Waals surface area contributed by atoms with Gasteiger partial charge in [-0.25, -0.2) is 0 Å². The Balaban J connectivity index is 0.000000130. The summed E-state index contributed by atoms with van der Waals surface area (Å²) < 4.78 is 21.0. The number of methoxy groups -OCH3 is 3. The summed E-state index contributed by atoms with van der Waals surface area (Å²) in [6.45, 7) is 24.1. The number of pyridine rings is 3. The number of rotatable bonds is 14. The topological polar surface area (TPSA) is 243 Å². The van der Waals surface area contributed by atoms with Crippen molar-refractivity contribution in [3.8, 4) is 0 Å². The summed E-state index contributed by atoms with van der Waals surface area (Å²) in [5, 5.41) is 52.1. The van der Waals surface area contributed by atoms with Gasteiger partial charge in [-0.2, -0.15) is 15.3 Å². The van der Waals surface area contributed by atoms with Crippen molar-refractivity contribution in [3.05, 3.63) is 74.0 Å². The molecule has 12 saturated carbocycles. The van der Waals surface area contributed by atoms with Crippen molar-refractivity contribution in [1.82, 2.24) is 44.7 Å². The quantitative estimate of drug-likeness (QED) is 0.0741. The minimum atomic E-state index is -0.533. The average molecular weight is 1580 g/mol. The third-order valence-electron chi connectivity index (χ3n) is 34.5.